The van der Waals surface area contributed by atoms with Crippen LogP contribution in [0, 0.1) is 5.82 Å². The Morgan fingerprint density at radius 2 is 2.00 bits per heavy atom. The summed E-state index contributed by atoms with van der Waals surface area (Å²) in [5.74, 6) is -0.562. The van der Waals surface area contributed by atoms with E-state index < -0.39 is 18.0 Å². The summed E-state index contributed by atoms with van der Waals surface area (Å²) in [4.78, 5) is 0. The summed E-state index contributed by atoms with van der Waals surface area (Å²) in [7, 11) is 0. The van der Waals surface area contributed by atoms with E-state index in [-0.39, 0.29) is 15.6 Å². The lowest BCUT2D eigenvalue weighted by Gasteiger charge is -2.17. The molecule has 1 aromatic rings. The summed E-state index contributed by atoms with van der Waals surface area (Å²) in [6.07, 6.45) is -0.888. The number of rotatable bonds is 2. The van der Waals surface area contributed by atoms with E-state index in [0.29, 0.717) is 0 Å². The zero-order valence-electron chi connectivity index (χ0n) is 7.47. The van der Waals surface area contributed by atoms with Crippen LogP contribution in [-0.4, -0.2) is 11.2 Å². The van der Waals surface area contributed by atoms with Gasteiger partial charge in [-0.2, -0.15) is 0 Å². The Labute approximate surface area is 91.4 Å². The molecule has 0 amide bonds. The van der Waals surface area contributed by atoms with Crippen molar-refractivity contribution >= 4 is 23.2 Å². The van der Waals surface area contributed by atoms with E-state index in [0.717, 1.165) is 0 Å². The summed E-state index contributed by atoms with van der Waals surface area (Å²) in [6.45, 7) is 1.46. The Hall–Kier alpha value is -0.350. The fraction of sp³-hybridized carbons (Fsp3) is 0.333. The quantitative estimate of drug-likeness (QED) is 0.777. The van der Waals surface area contributed by atoms with Crippen molar-refractivity contribution in [3.8, 4) is 0 Å². The number of aliphatic hydroxyl groups is 1. The average Bonchev–Trinajstić information content (AvgIpc) is 2.12. The van der Waals surface area contributed by atoms with E-state index >= 15 is 0 Å². The van der Waals surface area contributed by atoms with Gasteiger partial charge in [-0.25, -0.2) is 4.39 Å². The minimum atomic E-state index is -0.888. The molecule has 1 aromatic carbocycles. The van der Waals surface area contributed by atoms with Gasteiger partial charge in [0.2, 0.25) is 0 Å². The van der Waals surface area contributed by atoms with E-state index in [9.17, 15) is 9.50 Å². The SMILES string of the molecule is CC(O)[C@H](N)c1c(F)ccc(Cl)c1Cl. The number of nitrogens with two attached hydrogens (primary N) is 1. The highest BCUT2D eigenvalue weighted by Gasteiger charge is 2.21. The molecular formula is C9H10Cl2FNO. The first kappa shape index (κ1) is 11.7. The van der Waals surface area contributed by atoms with Crippen molar-refractivity contribution in [3.63, 3.8) is 0 Å². The monoisotopic (exact) mass is 237 g/mol. The van der Waals surface area contributed by atoms with Crippen LogP contribution in [0.25, 0.3) is 0 Å². The first-order valence-electron chi connectivity index (χ1n) is 4.02. The molecule has 0 aliphatic rings. The van der Waals surface area contributed by atoms with Gasteiger partial charge in [0.15, 0.2) is 0 Å². The van der Waals surface area contributed by atoms with E-state index in [2.05, 4.69) is 0 Å². The highest BCUT2D eigenvalue weighted by molar-refractivity contribution is 6.42. The van der Waals surface area contributed by atoms with Gasteiger partial charge in [-0.05, 0) is 19.1 Å². The zero-order valence-corrected chi connectivity index (χ0v) is 8.98. The van der Waals surface area contributed by atoms with Crippen molar-refractivity contribution in [2.24, 2.45) is 5.73 Å². The Balaban J connectivity index is 3.25. The highest BCUT2D eigenvalue weighted by atomic mass is 35.5. The molecule has 0 aliphatic heterocycles. The van der Waals surface area contributed by atoms with Gasteiger partial charge < -0.3 is 10.8 Å². The van der Waals surface area contributed by atoms with Gasteiger partial charge >= 0.3 is 0 Å². The fourth-order valence-electron chi connectivity index (χ4n) is 1.09. The van der Waals surface area contributed by atoms with Crippen molar-refractivity contribution in [2.75, 3.05) is 0 Å². The molecule has 0 saturated carbocycles. The summed E-state index contributed by atoms with van der Waals surface area (Å²) in [5.41, 5.74) is 5.63. The third kappa shape index (κ3) is 2.17. The van der Waals surface area contributed by atoms with Gasteiger partial charge in [-0.1, -0.05) is 23.2 Å². The Morgan fingerprint density at radius 1 is 1.43 bits per heavy atom. The van der Waals surface area contributed by atoms with Gasteiger partial charge in [0.1, 0.15) is 5.82 Å². The molecule has 0 saturated heterocycles. The predicted molar refractivity (Wildman–Crippen MR) is 55.0 cm³/mol. The number of halogens is 3. The van der Waals surface area contributed by atoms with Crippen LogP contribution < -0.4 is 5.73 Å². The topological polar surface area (TPSA) is 46.2 Å². The third-order valence-corrected chi connectivity index (χ3v) is 2.75. The largest absolute Gasteiger partial charge is 0.391 e. The maximum atomic E-state index is 13.3. The second kappa shape index (κ2) is 4.45. The van der Waals surface area contributed by atoms with Crippen molar-refractivity contribution in [1.29, 1.82) is 0 Å². The van der Waals surface area contributed by atoms with E-state index in [1.807, 2.05) is 0 Å². The predicted octanol–water partition coefficient (Wildman–Crippen LogP) is 2.51. The molecule has 14 heavy (non-hydrogen) atoms. The lowest BCUT2D eigenvalue weighted by Crippen LogP contribution is -2.24. The molecule has 0 fully saturated rings. The van der Waals surface area contributed by atoms with Crippen LogP contribution >= 0.6 is 23.2 Å². The van der Waals surface area contributed by atoms with Crippen LogP contribution in [0.1, 0.15) is 18.5 Å². The van der Waals surface area contributed by atoms with Crippen molar-refractivity contribution in [3.05, 3.63) is 33.6 Å². The molecule has 5 heteroatoms. The smallest absolute Gasteiger partial charge is 0.129 e. The maximum Gasteiger partial charge on any atom is 0.129 e. The van der Waals surface area contributed by atoms with Crippen LogP contribution in [0.4, 0.5) is 4.39 Å². The Morgan fingerprint density at radius 3 is 2.50 bits per heavy atom. The van der Waals surface area contributed by atoms with Gasteiger partial charge in [-0.3, -0.25) is 0 Å². The lowest BCUT2D eigenvalue weighted by molar-refractivity contribution is 0.162. The van der Waals surface area contributed by atoms with Crippen LogP contribution in [0.3, 0.4) is 0 Å². The second-order valence-electron chi connectivity index (χ2n) is 3.02. The molecule has 0 bridgehead atoms. The van der Waals surface area contributed by atoms with Gasteiger partial charge in [-0.15, -0.1) is 0 Å². The molecule has 0 aromatic heterocycles. The standard InChI is InChI=1S/C9H10Cl2FNO/c1-4(14)9(13)7-6(12)3-2-5(10)8(7)11/h2-4,9,14H,13H2,1H3/t4?,9-/m0/s1. The van der Waals surface area contributed by atoms with Crippen LogP contribution in [0.2, 0.25) is 10.0 Å². The molecule has 0 radical (unpaired) electrons. The van der Waals surface area contributed by atoms with E-state index in [1.54, 1.807) is 0 Å². The summed E-state index contributed by atoms with van der Waals surface area (Å²) in [6, 6.07) is 1.64. The molecule has 0 aliphatic carbocycles. The Kier molecular flexibility index (Phi) is 3.72. The summed E-state index contributed by atoms with van der Waals surface area (Å²) in [5, 5.41) is 9.50. The molecule has 2 nitrogen and oxygen atoms in total. The van der Waals surface area contributed by atoms with Crippen molar-refractivity contribution in [2.45, 2.75) is 19.1 Å². The molecule has 2 atom stereocenters. The van der Waals surface area contributed by atoms with Crippen LogP contribution in [0.15, 0.2) is 12.1 Å². The van der Waals surface area contributed by atoms with E-state index in [4.69, 9.17) is 28.9 Å². The molecule has 1 rings (SSSR count). The Bertz CT molecular complexity index is 344. The molecule has 0 spiro atoms. The molecular weight excluding hydrogens is 228 g/mol. The van der Waals surface area contributed by atoms with E-state index in [1.165, 1.54) is 19.1 Å². The molecule has 78 valence electrons. The molecule has 0 heterocycles. The highest BCUT2D eigenvalue weighted by Crippen LogP contribution is 2.32. The zero-order chi connectivity index (χ0) is 10.9. The fourth-order valence-corrected chi connectivity index (χ4v) is 1.53. The van der Waals surface area contributed by atoms with Crippen molar-refractivity contribution < 1.29 is 9.50 Å². The minimum Gasteiger partial charge on any atom is -0.391 e. The van der Waals surface area contributed by atoms with Crippen LogP contribution in [-0.2, 0) is 0 Å². The number of hydrogen-bond donors (Lipinski definition) is 2. The van der Waals surface area contributed by atoms with Gasteiger partial charge in [0, 0.05) is 5.56 Å². The summed E-state index contributed by atoms with van der Waals surface area (Å²) < 4.78 is 13.3. The van der Waals surface area contributed by atoms with Crippen LogP contribution in [0.5, 0.6) is 0 Å². The number of aliphatic hydroxyl groups excluding tert-OH is 1. The normalized spacial score (nSPS) is 15.3. The molecule has 3 N–H and O–H groups in total. The number of hydrogen-bond acceptors (Lipinski definition) is 2. The van der Waals surface area contributed by atoms with Gasteiger partial charge in [0.05, 0.1) is 22.2 Å². The minimum absolute atomic E-state index is 0.0502. The second-order valence-corrected chi connectivity index (χ2v) is 3.81. The maximum absolute atomic E-state index is 13.3. The average molecular weight is 238 g/mol. The lowest BCUT2D eigenvalue weighted by atomic mass is 10.0. The summed E-state index contributed by atoms with van der Waals surface area (Å²) >= 11 is 11.5. The first-order chi connectivity index (χ1) is 6.45. The number of benzene rings is 1. The third-order valence-electron chi connectivity index (χ3n) is 1.93. The van der Waals surface area contributed by atoms with Gasteiger partial charge in [0.25, 0.3) is 0 Å². The first-order valence-corrected chi connectivity index (χ1v) is 4.77. The molecule has 1 unspecified atom stereocenters. The van der Waals surface area contributed by atoms with Crippen molar-refractivity contribution in [1.82, 2.24) is 0 Å².